The summed E-state index contributed by atoms with van der Waals surface area (Å²) in [5, 5.41) is 0. The van der Waals surface area contributed by atoms with Crippen LogP contribution in [-0.2, 0) is 0 Å². The van der Waals surface area contributed by atoms with E-state index in [2.05, 4.69) is 160 Å². The van der Waals surface area contributed by atoms with Gasteiger partial charge in [0.1, 0.15) is 0 Å². The van der Waals surface area contributed by atoms with Crippen molar-refractivity contribution in [2.45, 2.75) is 94.9 Å². The van der Waals surface area contributed by atoms with Crippen LogP contribution in [0.5, 0.6) is 0 Å². The van der Waals surface area contributed by atoms with E-state index in [9.17, 15) is 0 Å². The van der Waals surface area contributed by atoms with Crippen LogP contribution in [-0.4, -0.2) is 0 Å². The molecule has 0 unspecified atom stereocenters. The van der Waals surface area contributed by atoms with E-state index in [1.54, 1.807) is 0 Å². The molecule has 0 heterocycles. The van der Waals surface area contributed by atoms with Gasteiger partial charge in [0.05, 0.1) is 0 Å². The molecule has 0 bridgehead atoms. The Morgan fingerprint density at radius 3 is 2.08 bits per heavy atom. The van der Waals surface area contributed by atoms with Crippen LogP contribution in [0.15, 0.2) is 130 Å². The van der Waals surface area contributed by atoms with Crippen molar-refractivity contribution < 1.29 is 0 Å². The molecule has 0 nitrogen and oxygen atoms in total. The molecule has 0 radical (unpaired) electrons. The second-order valence-electron chi connectivity index (χ2n) is 12.7. The Morgan fingerprint density at radius 2 is 1.38 bits per heavy atom. The van der Waals surface area contributed by atoms with E-state index >= 15 is 0 Å². The molecular formula is C40H52. The summed E-state index contributed by atoms with van der Waals surface area (Å²) in [6.07, 6.45) is 35.2. The smallest absolute Gasteiger partial charge is 0.00749 e. The zero-order chi connectivity index (χ0) is 29.8. The predicted octanol–water partition coefficient (Wildman–Crippen LogP) is 11.8. The molecule has 0 aliphatic heterocycles. The second-order valence-corrected chi connectivity index (χ2v) is 12.7. The van der Waals surface area contributed by atoms with Crippen LogP contribution in [0.1, 0.15) is 94.9 Å². The van der Waals surface area contributed by atoms with Crippen LogP contribution >= 0.6 is 0 Å². The summed E-state index contributed by atoms with van der Waals surface area (Å²) >= 11 is 0. The van der Waals surface area contributed by atoms with Crippen molar-refractivity contribution in [2.75, 3.05) is 0 Å². The third-order valence-corrected chi connectivity index (χ3v) is 7.78. The van der Waals surface area contributed by atoms with Crippen molar-refractivity contribution in [2.24, 2.45) is 10.8 Å². The van der Waals surface area contributed by atoms with Gasteiger partial charge in [-0.05, 0) is 101 Å². The first-order valence-corrected chi connectivity index (χ1v) is 14.8. The van der Waals surface area contributed by atoms with Gasteiger partial charge in [0.25, 0.3) is 0 Å². The molecule has 0 aromatic heterocycles. The highest BCUT2D eigenvalue weighted by Crippen LogP contribution is 2.41. The highest BCUT2D eigenvalue weighted by molar-refractivity contribution is 5.42. The molecule has 0 fully saturated rings. The van der Waals surface area contributed by atoms with Gasteiger partial charge in [-0.25, -0.2) is 0 Å². The lowest BCUT2D eigenvalue weighted by molar-refractivity contribution is 0.377. The van der Waals surface area contributed by atoms with Crippen molar-refractivity contribution in [1.29, 1.82) is 0 Å². The number of allylic oxidation sites excluding steroid dienone is 22. The Balaban J connectivity index is 1.91. The first-order chi connectivity index (χ1) is 18.8. The Bertz CT molecular complexity index is 1310. The average molecular weight is 533 g/mol. The minimum atomic E-state index is 0.106. The van der Waals surface area contributed by atoms with Crippen LogP contribution in [0, 0.1) is 22.7 Å². The SMILES string of the molecule is CC1=C(/C=C/C(C)=C/C=C/C(C)=C\C=C\C=C(/C)C#C/C=C(C)/C=C/C2=C(C)CCCC2(C)C)C(C)(C)C=CC1. The molecule has 0 aromatic carbocycles. The monoisotopic (exact) mass is 532 g/mol. The number of hydrogen-bond donors (Lipinski definition) is 0. The lowest BCUT2D eigenvalue weighted by Crippen LogP contribution is -2.19. The summed E-state index contributed by atoms with van der Waals surface area (Å²) in [5.74, 6) is 6.44. The maximum Gasteiger partial charge on any atom is 0.00749 e. The summed E-state index contributed by atoms with van der Waals surface area (Å²) in [4.78, 5) is 0. The Kier molecular flexibility index (Phi) is 12.7. The predicted molar refractivity (Wildman–Crippen MR) is 180 cm³/mol. The summed E-state index contributed by atoms with van der Waals surface area (Å²) in [6.45, 7) is 22.2. The topological polar surface area (TPSA) is 0 Å². The summed E-state index contributed by atoms with van der Waals surface area (Å²) in [6, 6.07) is 0. The maximum absolute atomic E-state index is 3.24. The molecule has 0 heteroatoms. The highest BCUT2D eigenvalue weighted by atomic mass is 14.3. The Hall–Kier alpha value is -3.30. The number of rotatable bonds is 8. The van der Waals surface area contributed by atoms with Gasteiger partial charge in [-0.1, -0.05) is 141 Å². The van der Waals surface area contributed by atoms with Gasteiger partial charge in [0.2, 0.25) is 0 Å². The fraction of sp³-hybridized carbons (Fsp3) is 0.400. The van der Waals surface area contributed by atoms with Crippen LogP contribution in [0.25, 0.3) is 0 Å². The molecule has 0 N–H and O–H groups in total. The first-order valence-electron chi connectivity index (χ1n) is 14.8. The summed E-state index contributed by atoms with van der Waals surface area (Å²) in [5.41, 5.74) is 11.0. The molecule has 2 aliphatic carbocycles. The lowest BCUT2D eigenvalue weighted by atomic mass is 9.72. The first kappa shape index (κ1) is 32.9. The van der Waals surface area contributed by atoms with Gasteiger partial charge in [-0.3, -0.25) is 0 Å². The van der Waals surface area contributed by atoms with Gasteiger partial charge >= 0.3 is 0 Å². The highest BCUT2D eigenvalue weighted by Gasteiger charge is 2.26. The normalized spacial score (nSPS) is 20.9. The largest absolute Gasteiger partial charge is 0.0836 e. The van der Waals surface area contributed by atoms with Crippen molar-refractivity contribution in [3.05, 3.63) is 130 Å². The third kappa shape index (κ3) is 11.1. The molecule has 0 spiro atoms. The number of hydrogen-bond acceptors (Lipinski definition) is 0. The molecule has 0 amide bonds. The standard InChI is InChI=1S/C40H52/c1-31(19-13-21-33(3)25-27-37-35(5)23-15-29-39(37,7)8)17-11-12-18-32(2)20-14-22-34(4)26-28-38-36(6)24-16-30-40(38,9)10/h11-13,15,17-19,21-22,25-29H,16,23-24,30H2,1-10H3/b12-11+,19-13+,27-25+,28-26+,31-17-,32-18+,33-21+,34-22+. The van der Waals surface area contributed by atoms with Crippen LogP contribution in [0.2, 0.25) is 0 Å². The molecule has 0 saturated heterocycles. The van der Waals surface area contributed by atoms with E-state index in [0.717, 1.165) is 12.0 Å². The quantitative estimate of drug-likeness (QED) is 0.166. The average Bonchev–Trinajstić information content (AvgIpc) is 2.85. The molecular weight excluding hydrogens is 480 g/mol. The Morgan fingerprint density at radius 1 is 0.750 bits per heavy atom. The van der Waals surface area contributed by atoms with Gasteiger partial charge in [-0.2, -0.15) is 0 Å². The molecule has 0 aromatic rings. The fourth-order valence-corrected chi connectivity index (χ4v) is 5.30. The minimum Gasteiger partial charge on any atom is -0.0836 e. The van der Waals surface area contributed by atoms with Gasteiger partial charge in [0, 0.05) is 5.41 Å². The molecule has 40 heavy (non-hydrogen) atoms. The molecule has 212 valence electrons. The van der Waals surface area contributed by atoms with Crippen LogP contribution in [0.3, 0.4) is 0 Å². The zero-order valence-corrected chi connectivity index (χ0v) is 26.9. The fourth-order valence-electron chi connectivity index (χ4n) is 5.30. The molecule has 2 rings (SSSR count). The van der Waals surface area contributed by atoms with Crippen LogP contribution < -0.4 is 0 Å². The van der Waals surface area contributed by atoms with Crippen molar-refractivity contribution in [1.82, 2.24) is 0 Å². The van der Waals surface area contributed by atoms with Crippen molar-refractivity contribution >= 4 is 0 Å². The minimum absolute atomic E-state index is 0.106. The van der Waals surface area contributed by atoms with Gasteiger partial charge in [0.15, 0.2) is 0 Å². The van der Waals surface area contributed by atoms with E-state index in [-0.39, 0.29) is 10.8 Å². The van der Waals surface area contributed by atoms with E-state index in [1.807, 2.05) is 6.08 Å². The maximum atomic E-state index is 3.24. The van der Waals surface area contributed by atoms with Crippen molar-refractivity contribution in [3.8, 4) is 11.8 Å². The summed E-state index contributed by atoms with van der Waals surface area (Å²) < 4.78 is 0. The molecule has 0 atom stereocenters. The molecule has 2 aliphatic rings. The lowest BCUT2D eigenvalue weighted by Gasteiger charge is -2.32. The van der Waals surface area contributed by atoms with E-state index in [1.165, 1.54) is 58.3 Å². The summed E-state index contributed by atoms with van der Waals surface area (Å²) in [7, 11) is 0. The Labute approximate surface area is 246 Å². The second kappa shape index (κ2) is 15.5. The van der Waals surface area contributed by atoms with E-state index < -0.39 is 0 Å². The zero-order valence-electron chi connectivity index (χ0n) is 26.9. The van der Waals surface area contributed by atoms with E-state index in [4.69, 9.17) is 0 Å². The van der Waals surface area contributed by atoms with Gasteiger partial charge in [-0.15, -0.1) is 0 Å². The molecule has 0 saturated carbocycles. The van der Waals surface area contributed by atoms with E-state index in [0.29, 0.717) is 0 Å². The third-order valence-electron chi connectivity index (χ3n) is 7.78. The van der Waals surface area contributed by atoms with Gasteiger partial charge < -0.3 is 0 Å². The van der Waals surface area contributed by atoms with Crippen molar-refractivity contribution in [3.63, 3.8) is 0 Å². The van der Waals surface area contributed by atoms with Crippen LogP contribution in [0.4, 0.5) is 0 Å².